The molecule has 0 bridgehead atoms. The van der Waals surface area contributed by atoms with Crippen molar-refractivity contribution in [2.75, 3.05) is 14.2 Å². The van der Waals surface area contributed by atoms with Gasteiger partial charge in [-0.25, -0.2) is 0 Å². The zero-order chi connectivity index (χ0) is 18.5. The van der Waals surface area contributed by atoms with Gasteiger partial charge in [0.15, 0.2) is 16.9 Å². The van der Waals surface area contributed by atoms with Gasteiger partial charge in [-0.15, -0.1) is 0 Å². The van der Waals surface area contributed by atoms with E-state index >= 15 is 0 Å². The van der Waals surface area contributed by atoms with E-state index < -0.39 is 0 Å². The fourth-order valence-corrected chi connectivity index (χ4v) is 3.87. The molecule has 4 nitrogen and oxygen atoms in total. The molecule has 0 radical (unpaired) electrons. The fraction of sp³-hybridized carbons (Fsp3) is 0.0870. The van der Waals surface area contributed by atoms with Gasteiger partial charge < -0.3 is 14.5 Å². The lowest BCUT2D eigenvalue weighted by molar-refractivity contribution is 0.355. The van der Waals surface area contributed by atoms with E-state index in [2.05, 4.69) is 23.2 Å². The van der Waals surface area contributed by atoms with Gasteiger partial charge in [-0.05, 0) is 46.5 Å². The molecule has 0 saturated heterocycles. The Bertz CT molecular complexity index is 1350. The zero-order valence-corrected chi connectivity index (χ0v) is 15.0. The quantitative estimate of drug-likeness (QED) is 0.498. The molecule has 0 spiro atoms. The Labute approximate surface area is 155 Å². The third-order valence-corrected chi connectivity index (χ3v) is 5.17. The lowest BCUT2D eigenvalue weighted by Crippen LogP contribution is -1.96. The summed E-state index contributed by atoms with van der Waals surface area (Å²) in [5.74, 6) is 1.27. The number of aromatic nitrogens is 1. The van der Waals surface area contributed by atoms with Crippen molar-refractivity contribution >= 4 is 32.4 Å². The second kappa shape index (κ2) is 5.74. The Morgan fingerprint density at radius 3 is 2.19 bits per heavy atom. The Morgan fingerprint density at radius 2 is 1.44 bits per heavy atom. The van der Waals surface area contributed by atoms with Gasteiger partial charge in [0.1, 0.15) is 0 Å². The summed E-state index contributed by atoms with van der Waals surface area (Å²) in [6, 6.07) is 19.5. The second-order valence-corrected chi connectivity index (χ2v) is 6.61. The van der Waals surface area contributed by atoms with Crippen molar-refractivity contribution in [1.29, 1.82) is 0 Å². The van der Waals surface area contributed by atoms with Crippen molar-refractivity contribution in [3.05, 3.63) is 70.9 Å². The molecule has 4 heteroatoms. The van der Waals surface area contributed by atoms with Crippen LogP contribution in [0.3, 0.4) is 0 Å². The Morgan fingerprint density at radius 1 is 0.741 bits per heavy atom. The predicted molar refractivity (Wildman–Crippen MR) is 109 cm³/mol. The highest BCUT2D eigenvalue weighted by atomic mass is 16.5. The SMILES string of the molecule is COc1ccc(-c2cc(=O)c3ccc4ccc5ccc([nH]2)c3c54)cc1OC. The van der Waals surface area contributed by atoms with Crippen molar-refractivity contribution in [3.8, 4) is 22.8 Å². The number of ether oxygens (including phenoxy) is 2. The summed E-state index contributed by atoms with van der Waals surface area (Å²) in [4.78, 5) is 16.5. The predicted octanol–water partition coefficient (Wildman–Crippen LogP) is 4.96. The average Bonchev–Trinajstić information content (AvgIpc) is 3.06. The van der Waals surface area contributed by atoms with Gasteiger partial charge in [-0.3, -0.25) is 4.79 Å². The van der Waals surface area contributed by atoms with Crippen LogP contribution < -0.4 is 14.9 Å². The van der Waals surface area contributed by atoms with Crippen LogP contribution in [0.2, 0.25) is 0 Å². The van der Waals surface area contributed by atoms with Crippen LogP contribution in [-0.4, -0.2) is 19.2 Å². The molecule has 27 heavy (non-hydrogen) atoms. The summed E-state index contributed by atoms with van der Waals surface area (Å²) < 4.78 is 10.7. The molecule has 0 aliphatic rings. The van der Waals surface area contributed by atoms with Crippen LogP contribution in [0.25, 0.3) is 43.7 Å². The summed E-state index contributed by atoms with van der Waals surface area (Å²) in [6.45, 7) is 0. The van der Waals surface area contributed by atoms with Gasteiger partial charge >= 0.3 is 0 Å². The molecular weight excluding hydrogens is 338 g/mol. The van der Waals surface area contributed by atoms with E-state index in [1.54, 1.807) is 20.3 Å². The van der Waals surface area contributed by atoms with Crippen molar-refractivity contribution in [2.45, 2.75) is 0 Å². The van der Waals surface area contributed by atoms with E-state index in [-0.39, 0.29) is 5.43 Å². The number of nitrogens with one attached hydrogen (secondary N) is 1. The van der Waals surface area contributed by atoms with Crippen LogP contribution >= 0.6 is 0 Å². The first-order chi connectivity index (χ1) is 13.2. The standard InChI is InChI=1S/C23H17NO3/c1-26-20-10-7-15(11-21(20)27-2)18-12-19(25)16-8-5-13-3-4-14-6-9-17(24-18)23(16)22(13)14/h3-12,24H,1-2H3. The van der Waals surface area contributed by atoms with Gasteiger partial charge in [0.05, 0.1) is 14.2 Å². The number of methoxy groups -OCH3 is 2. The lowest BCUT2D eigenvalue weighted by atomic mass is 10.0. The first-order valence-corrected chi connectivity index (χ1v) is 8.73. The van der Waals surface area contributed by atoms with Gasteiger partial charge in [-0.1, -0.05) is 24.3 Å². The van der Waals surface area contributed by atoms with Gasteiger partial charge in [0.2, 0.25) is 0 Å². The van der Waals surface area contributed by atoms with E-state index in [0.717, 1.165) is 43.7 Å². The molecule has 0 fully saturated rings. The van der Waals surface area contributed by atoms with Crippen LogP contribution in [0.5, 0.6) is 11.5 Å². The molecular formula is C23H17NO3. The number of benzene rings is 3. The third-order valence-electron chi connectivity index (χ3n) is 5.17. The highest BCUT2D eigenvalue weighted by Gasteiger charge is 2.13. The van der Waals surface area contributed by atoms with E-state index in [9.17, 15) is 4.79 Å². The molecule has 0 aliphatic carbocycles. The third kappa shape index (κ3) is 2.27. The molecule has 132 valence electrons. The van der Waals surface area contributed by atoms with Gasteiger partial charge in [0, 0.05) is 33.6 Å². The minimum absolute atomic E-state index is 0.0124. The van der Waals surface area contributed by atoms with Crippen molar-refractivity contribution in [1.82, 2.24) is 4.98 Å². The molecule has 0 amide bonds. The Kier molecular flexibility index (Phi) is 3.34. The molecule has 1 heterocycles. The van der Waals surface area contributed by atoms with E-state index in [4.69, 9.17) is 9.47 Å². The maximum atomic E-state index is 13.0. The van der Waals surface area contributed by atoms with Crippen molar-refractivity contribution in [3.63, 3.8) is 0 Å². The summed E-state index contributed by atoms with van der Waals surface area (Å²) in [5.41, 5.74) is 2.52. The normalized spacial score (nSPS) is 11.5. The number of rotatable bonds is 3. The molecule has 0 unspecified atom stereocenters. The highest BCUT2D eigenvalue weighted by Crippen LogP contribution is 2.35. The first-order valence-electron chi connectivity index (χ1n) is 8.73. The zero-order valence-electron chi connectivity index (χ0n) is 15.0. The number of aromatic amines is 1. The molecule has 1 N–H and O–H groups in total. The minimum Gasteiger partial charge on any atom is -0.493 e. The number of hydrogen-bond acceptors (Lipinski definition) is 3. The van der Waals surface area contributed by atoms with E-state index in [1.807, 2.05) is 36.4 Å². The fourth-order valence-electron chi connectivity index (χ4n) is 3.87. The van der Waals surface area contributed by atoms with E-state index in [0.29, 0.717) is 11.5 Å². The van der Waals surface area contributed by atoms with Crippen LogP contribution in [0.1, 0.15) is 0 Å². The monoisotopic (exact) mass is 355 g/mol. The van der Waals surface area contributed by atoms with Gasteiger partial charge in [-0.2, -0.15) is 0 Å². The first kappa shape index (κ1) is 15.7. The van der Waals surface area contributed by atoms with Crippen LogP contribution in [0, 0.1) is 0 Å². The smallest absolute Gasteiger partial charge is 0.188 e. The minimum atomic E-state index is -0.0124. The van der Waals surface area contributed by atoms with Crippen molar-refractivity contribution in [2.24, 2.45) is 0 Å². The Hall–Kier alpha value is -3.53. The molecule has 5 rings (SSSR count). The topological polar surface area (TPSA) is 51.3 Å². The lowest BCUT2D eigenvalue weighted by Gasteiger charge is -2.09. The maximum Gasteiger partial charge on any atom is 0.188 e. The molecule has 4 aromatic carbocycles. The molecule has 5 aromatic rings. The van der Waals surface area contributed by atoms with Crippen LogP contribution in [0.15, 0.2) is 65.5 Å². The summed E-state index contributed by atoms with van der Waals surface area (Å²) in [7, 11) is 3.20. The van der Waals surface area contributed by atoms with E-state index in [1.165, 1.54) is 0 Å². The van der Waals surface area contributed by atoms with Crippen LogP contribution in [0.4, 0.5) is 0 Å². The van der Waals surface area contributed by atoms with Gasteiger partial charge in [0.25, 0.3) is 0 Å². The highest BCUT2D eigenvalue weighted by molar-refractivity contribution is 6.22. The maximum absolute atomic E-state index is 13.0. The Balaban J connectivity index is 1.88. The summed E-state index contributed by atoms with van der Waals surface area (Å²) >= 11 is 0. The summed E-state index contributed by atoms with van der Waals surface area (Å²) in [5, 5.41) is 5.13. The number of hydrogen-bond donors (Lipinski definition) is 1. The summed E-state index contributed by atoms with van der Waals surface area (Å²) in [6.07, 6.45) is 0. The second-order valence-electron chi connectivity index (χ2n) is 6.61. The number of H-pyrrole nitrogens is 1. The van der Waals surface area contributed by atoms with Crippen LogP contribution in [-0.2, 0) is 0 Å². The average molecular weight is 355 g/mol. The molecule has 0 saturated carbocycles. The molecule has 0 aliphatic heterocycles. The van der Waals surface area contributed by atoms with Crippen molar-refractivity contribution < 1.29 is 9.47 Å². The largest absolute Gasteiger partial charge is 0.493 e. The molecule has 0 atom stereocenters. The molecule has 1 aromatic heterocycles.